The van der Waals surface area contributed by atoms with Crippen LogP contribution in [0.5, 0.6) is 0 Å². The number of nitrogens with zero attached hydrogens (tertiary/aromatic N) is 3. The SMILES string of the molecule is OC(c1ccc(-c2ccc(CN3CCN(Cc4ccnc(Cl)c4F)CC3)cc2)cc1)(C(F)(F)F)C(F)(F)F. The van der Waals surface area contributed by atoms with Crippen molar-refractivity contribution in [2.45, 2.75) is 31.0 Å². The third-order valence-electron chi connectivity index (χ3n) is 6.60. The van der Waals surface area contributed by atoms with E-state index in [1.165, 1.54) is 6.20 Å². The van der Waals surface area contributed by atoms with Crippen LogP contribution in [0.15, 0.2) is 60.8 Å². The van der Waals surface area contributed by atoms with Crippen molar-refractivity contribution in [1.29, 1.82) is 0 Å². The lowest BCUT2D eigenvalue weighted by Crippen LogP contribution is -2.53. The van der Waals surface area contributed by atoms with Crippen molar-refractivity contribution >= 4 is 11.6 Å². The Morgan fingerprint density at radius 3 is 1.71 bits per heavy atom. The van der Waals surface area contributed by atoms with Crippen LogP contribution >= 0.6 is 11.6 Å². The zero-order valence-corrected chi connectivity index (χ0v) is 20.6. The second-order valence-electron chi connectivity index (χ2n) is 9.11. The van der Waals surface area contributed by atoms with Crippen molar-refractivity contribution in [1.82, 2.24) is 14.8 Å². The summed E-state index contributed by atoms with van der Waals surface area (Å²) >= 11 is 5.75. The molecule has 1 saturated heterocycles. The number of pyridine rings is 1. The summed E-state index contributed by atoms with van der Waals surface area (Å²) in [5.41, 5.74) is -3.77. The van der Waals surface area contributed by atoms with Crippen LogP contribution in [0.25, 0.3) is 11.1 Å². The van der Waals surface area contributed by atoms with Crippen molar-refractivity contribution < 1.29 is 35.8 Å². The van der Waals surface area contributed by atoms with Crippen LogP contribution in [0.1, 0.15) is 16.7 Å². The third-order valence-corrected chi connectivity index (χ3v) is 6.87. The van der Waals surface area contributed by atoms with E-state index in [0.29, 0.717) is 41.9 Å². The van der Waals surface area contributed by atoms with Gasteiger partial charge in [0, 0.05) is 56.6 Å². The predicted molar refractivity (Wildman–Crippen MR) is 128 cm³/mol. The maximum atomic E-state index is 14.1. The zero-order valence-electron chi connectivity index (χ0n) is 19.8. The van der Waals surface area contributed by atoms with Crippen LogP contribution in [0.4, 0.5) is 30.7 Å². The van der Waals surface area contributed by atoms with Crippen LogP contribution in [0.3, 0.4) is 0 Å². The van der Waals surface area contributed by atoms with Gasteiger partial charge in [-0.1, -0.05) is 60.1 Å². The standard InChI is InChI=1S/C26H23ClF7N3O/c27-23-22(28)20(9-10-35-23)16-37-13-11-36(12-14-37)15-17-1-3-18(4-2-17)19-5-7-21(8-6-19)24(38,25(29,30)31)26(32,33)34/h1-10,38H,11-16H2. The first-order valence-corrected chi connectivity index (χ1v) is 12.0. The van der Waals surface area contributed by atoms with E-state index in [2.05, 4.69) is 14.8 Å². The smallest absolute Gasteiger partial charge is 0.369 e. The quantitative estimate of drug-likeness (QED) is 0.289. The Balaban J connectivity index is 1.36. The van der Waals surface area contributed by atoms with Gasteiger partial charge in [0.2, 0.25) is 0 Å². The molecular formula is C26H23ClF7N3O. The number of piperazine rings is 1. The Kier molecular flexibility index (Phi) is 8.04. The van der Waals surface area contributed by atoms with Crippen LogP contribution in [0, 0.1) is 5.82 Å². The largest absolute Gasteiger partial charge is 0.430 e. The molecule has 0 radical (unpaired) electrons. The van der Waals surface area contributed by atoms with E-state index in [0.717, 1.165) is 43.9 Å². The van der Waals surface area contributed by atoms with Gasteiger partial charge in [0.25, 0.3) is 5.60 Å². The fraction of sp³-hybridized carbons (Fsp3) is 0.346. The van der Waals surface area contributed by atoms with Crippen molar-refractivity contribution in [3.05, 3.63) is 88.5 Å². The number of aliphatic hydroxyl groups is 1. The highest BCUT2D eigenvalue weighted by atomic mass is 35.5. The van der Waals surface area contributed by atoms with Gasteiger partial charge < -0.3 is 5.11 Å². The maximum Gasteiger partial charge on any atom is 0.430 e. The van der Waals surface area contributed by atoms with Gasteiger partial charge >= 0.3 is 12.4 Å². The average molecular weight is 562 g/mol. The lowest BCUT2D eigenvalue weighted by molar-refractivity contribution is -0.376. The van der Waals surface area contributed by atoms with Gasteiger partial charge in [0.05, 0.1) is 0 Å². The highest BCUT2D eigenvalue weighted by Crippen LogP contribution is 2.50. The average Bonchev–Trinajstić information content (AvgIpc) is 2.87. The normalized spacial score (nSPS) is 16.1. The number of benzene rings is 2. The maximum absolute atomic E-state index is 14.1. The lowest BCUT2D eigenvalue weighted by atomic mass is 9.90. The van der Waals surface area contributed by atoms with Crippen LogP contribution in [-0.2, 0) is 18.7 Å². The first-order chi connectivity index (χ1) is 17.8. The minimum absolute atomic E-state index is 0.148. The topological polar surface area (TPSA) is 39.6 Å². The van der Waals surface area contributed by atoms with E-state index < -0.39 is 29.3 Å². The highest BCUT2D eigenvalue weighted by molar-refractivity contribution is 6.29. The van der Waals surface area contributed by atoms with Crippen LogP contribution < -0.4 is 0 Å². The number of alkyl halides is 6. The Bertz CT molecular complexity index is 1230. The van der Waals surface area contributed by atoms with Crippen LogP contribution in [-0.4, -0.2) is 58.4 Å². The summed E-state index contributed by atoms with van der Waals surface area (Å²) in [5, 5.41) is 9.39. The van der Waals surface area contributed by atoms with Gasteiger partial charge in [-0.2, -0.15) is 26.3 Å². The second kappa shape index (κ2) is 10.8. The molecule has 2 aromatic carbocycles. The zero-order chi connectivity index (χ0) is 27.7. The van der Waals surface area contributed by atoms with E-state index in [1.54, 1.807) is 18.2 Å². The van der Waals surface area contributed by atoms with E-state index in [9.17, 15) is 35.8 Å². The van der Waals surface area contributed by atoms with E-state index in [1.807, 2.05) is 12.1 Å². The number of rotatable bonds is 6. The Morgan fingerprint density at radius 2 is 1.21 bits per heavy atom. The molecule has 0 spiro atoms. The molecule has 1 aliphatic rings. The molecular weight excluding hydrogens is 539 g/mol. The molecule has 0 bridgehead atoms. The molecule has 4 nitrogen and oxygen atoms in total. The van der Waals surface area contributed by atoms with Crippen molar-refractivity contribution in [3.63, 3.8) is 0 Å². The minimum atomic E-state index is -5.93. The van der Waals surface area contributed by atoms with E-state index in [-0.39, 0.29) is 5.15 Å². The van der Waals surface area contributed by atoms with Crippen molar-refractivity contribution in [3.8, 4) is 11.1 Å². The summed E-state index contributed by atoms with van der Waals surface area (Å²) in [7, 11) is 0. The molecule has 3 aromatic rings. The second-order valence-corrected chi connectivity index (χ2v) is 9.47. The summed E-state index contributed by atoms with van der Waals surface area (Å²) in [5.74, 6) is -0.511. The van der Waals surface area contributed by atoms with E-state index in [4.69, 9.17) is 11.6 Å². The fourth-order valence-corrected chi connectivity index (χ4v) is 4.55. The molecule has 0 atom stereocenters. The third kappa shape index (κ3) is 5.80. The molecule has 0 aliphatic carbocycles. The first-order valence-electron chi connectivity index (χ1n) is 11.6. The predicted octanol–water partition coefficient (Wildman–Crippen LogP) is 6.17. The molecule has 38 heavy (non-hydrogen) atoms. The highest BCUT2D eigenvalue weighted by Gasteiger charge is 2.71. The van der Waals surface area contributed by atoms with Gasteiger partial charge in [-0.3, -0.25) is 9.80 Å². The molecule has 4 rings (SSSR count). The monoisotopic (exact) mass is 561 g/mol. The number of hydrogen-bond acceptors (Lipinski definition) is 4. The lowest BCUT2D eigenvalue weighted by Gasteiger charge is -2.34. The molecule has 1 aromatic heterocycles. The molecule has 0 amide bonds. The van der Waals surface area contributed by atoms with Gasteiger partial charge in [0.15, 0.2) is 11.0 Å². The molecule has 0 saturated carbocycles. The number of aromatic nitrogens is 1. The summed E-state index contributed by atoms with van der Waals surface area (Å²) in [6.07, 6.45) is -10.4. The fourth-order valence-electron chi connectivity index (χ4n) is 4.38. The van der Waals surface area contributed by atoms with Gasteiger partial charge in [0.1, 0.15) is 0 Å². The van der Waals surface area contributed by atoms with Crippen molar-refractivity contribution in [2.24, 2.45) is 0 Å². The Labute approximate surface area is 219 Å². The molecule has 2 heterocycles. The van der Waals surface area contributed by atoms with Gasteiger partial charge in [-0.15, -0.1) is 0 Å². The minimum Gasteiger partial charge on any atom is -0.369 e. The molecule has 12 heteroatoms. The Morgan fingerprint density at radius 1 is 0.737 bits per heavy atom. The molecule has 1 N–H and O–H groups in total. The van der Waals surface area contributed by atoms with E-state index >= 15 is 0 Å². The van der Waals surface area contributed by atoms with Gasteiger partial charge in [-0.05, 0) is 22.8 Å². The molecule has 0 unspecified atom stereocenters. The number of halogens is 8. The summed E-state index contributed by atoms with van der Waals surface area (Å²) < 4.78 is 92.7. The Hall–Kier alpha value is -2.73. The summed E-state index contributed by atoms with van der Waals surface area (Å²) in [6.45, 7) is 4.04. The molecule has 1 fully saturated rings. The summed E-state index contributed by atoms with van der Waals surface area (Å²) in [6, 6.07) is 12.3. The van der Waals surface area contributed by atoms with Crippen molar-refractivity contribution in [2.75, 3.05) is 26.2 Å². The molecule has 1 aliphatic heterocycles. The number of hydrogen-bond donors (Lipinski definition) is 1. The summed E-state index contributed by atoms with van der Waals surface area (Å²) in [4.78, 5) is 8.07. The molecule has 204 valence electrons. The first kappa shape index (κ1) is 28.3. The van der Waals surface area contributed by atoms with Crippen LogP contribution in [0.2, 0.25) is 5.15 Å². The van der Waals surface area contributed by atoms with Gasteiger partial charge in [-0.25, -0.2) is 9.37 Å².